The smallest absolute Gasteiger partial charge is 0.260 e. The third-order valence-corrected chi connectivity index (χ3v) is 1.91. The van der Waals surface area contributed by atoms with E-state index in [0.29, 0.717) is 12.3 Å². The average Bonchev–Trinajstić information content (AvgIpc) is 2.60. The van der Waals surface area contributed by atoms with Gasteiger partial charge in [0.1, 0.15) is 0 Å². The number of ether oxygens (including phenoxy) is 1. The molecule has 0 bridgehead atoms. The number of hydrogen-bond acceptors (Lipinski definition) is 3. The van der Waals surface area contributed by atoms with Gasteiger partial charge in [0.15, 0.2) is 11.9 Å². The Morgan fingerprint density at radius 3 is 3.00 bits per heavy atom. The van der Waals surface area contributed by atoms with Crippen LogP contribution in [0.25, 0.3) is 0 Å². The normalized spacial score (nSPS) is 12.2. The second-order valence-electron chi connectivity index (χ2n) is 3.40. The van der Waals surface area contributed by atoms with Crippen LogP contribution in [0.5, 0.6) is 5.75 Å². The van der Waals surface area contributed by atoms with Gasteiger partial charge in [0, 0.05) is 13.6 Å². The van der Waals surface area contributed by atoms with Crippen molar-refractivity contribution in [2.45, 2.75) is 26.4 Å². The number of nitrogens with one attached hydrogen (secondary N) is 1. The minimum absolute atomic E-state index is 0.0966. The van der Waals surface area contributed by atoms with Gasteiger partial charge in [-0.15, -0.1) is 0 Å². The monoisotopic (exact) mass is 211 g/mol. The Bertz CT molecular complexity index is 322. The molecule has 1 unspecified atom stereocenters. The highest BCUT2D eigenvalue weighted by Crippen LogP contribution is 2.09. The third kappa shape index (κ3) is 3.61. The van der Waals surface area contributed by atoms with Crippen LogP contribution in [0.3, 0.4) is 0 Å². The predicted molar refractivity (Wildman–Crippen MR) is 56.6 cm³/mol. The number of carbonyl (C=O) groups is 1. The van der Waals surface area contributed by atoms with Gasteiger partial charge in [-0.3, -0.25) is 9.48 Å². The maximum absolute atomic E-state index is 11.4. The van der Waals surface area contributed by atoms with Gasteiger partial charge < -0.3 is 10.1 Å². The van der Waals surface area contributed by atoms with Crippen molar-refractivity contribution in [2.75, 3.05) is 6.54 Å². The summed E-state index contributed by atoms with van der Waals surface area (Å²) < 4.78 is 7.03. The summed E-state index contributed by atoms with van der Waals surface area (Å²) in [7, 11) is 1.80. The van der Waals surface area contributed by atoms with Crippen molar-refractivity contribution in [3.8, 4) is 5.75 Å². The zero-order valence-electron chi connectivity index (χ0n) is 9.36. The van der Waals surface area contributed by atoms with E-state index in [1.54, 1.807) is 31.0 Å². The number of amides is 1. The van der Waals surface area contributed by atoms with Crippen LogP contribution in [0.15, 0.2) is 12.4 Å². The summed E-state index contributed by atoms with van der Waals surface area (Å²) >= 11 is 0. The van der Waals surface area contributed by atoms with Crippen LogP contribution in [0.2, 0.25) is 0 Å². The van der Waals surface area contributed by atoms with Gasteiger partial charge in [-0.05, 0) is 13.3 Å². The fourth-order valence-corrected chi connectivity index (χ4v) is 1.11. The fraction of sp³-hybridized carbons (Fsp3) is 0.600. The van der Waals surface area contributed by atoms with Crippen molar-refractivity contribution in [2.24, 2.45) is 7.05 Å². The molecule has 1 heterocycles. The molecule has 1 amide bonds. The topological polar surface area (TPSA) is 56.1 Å². The van der Waals surface area contributed by atoms with Crippen LogP contribution in [0, 0.1) is 0 Å². The van der Waals surface area contributed by atoms with Gasteiger partial charge in [0.25, 0.3) is 5.91 Å². The molecule has 5 nitrogen and oxygen atoms in total. The van der Waals surface area contributed by atoms with Gasteiger partial charge in [-0.1, -0.05) is 6.92 Å². The number of aryl methyl sites for hydroxylation is 1. The lowest BCUT2D eigenvalue weighted by Gasteiger charge is -2.12. The van der Waals surface area contributed by atoms with Crippen molar-refractivity contribution in [1.29, 1.82) is 0 Å². The lowest BCUT2D eigenvalue weighted by molar-refractivity contribution is -0.127. The lowest BCUT2D eigenvalue weighted by atomic mass is 10.3. The summed E-state index contributed by atoms with van der Waals surface area (Å²) in [6.45, 7) is 4.41. The predicted octanol–water partition coefficient (Wildman–Crippen LogP) is 0.714. The number of rotatable bonds is 5. The van der Waals surface area contributed by atoms with Gasteiger partial charge in [0.05, 0.1) is 12.4 Å². The summed E-state index contributed by atoms with van der Waals surface area (Å²) in [6.07, 6.45) is 3.75. The summed E-state index contributed by atoms with van der Waals surface area (Å²) in [5.74, 6) is 0.511. The van der Waals surface area contributed by atoms with E-state index >= 15 is 0 Å². The number of carbonyl (C=O) groups excluding carboxylic acids is 1. The van der Waals surface area contributed by atoms with E-state index in [1.165, 1.54) is 0 Å². The second kappa shape index (κ2) is 5.38. The van der Waals surface area contributed by atoms with E-state index in [0.717, 1.165) is 6.42 Å². The minimum atomic E-state index is -0.485. The second-order valence-corrected chi connectivity index (χ2v) is 3.40. The van der Waals surface area contributed by atoms with Crippen molar-refractivity contribution < 1.29 is 9.53 Å². The Labute approximate surface area is 89.4 Å². The zero-order chi connectivity index (χ0) is 11.3. The molecule has 0 saturated carbocycles. The van der Waals surface area contributed by atoms with Crippen LogP contribution >= 0.6 is 0 Å². The highest BCUT2D eigenvalue weighted by atomic mass is 16.5. The summed E-state index contributed by atoms with van der Waals surface area (Å²) in [5, 5.41) is 6.72. The Hall–Kier alpha value is -1.52. The van der Waals surface area contributed by atoms with E-state index < -0.39 is 6.10 Å². The molecule has 1 aromatic rings. The first-order chi connectivity index (χ1) is 7.13. The van der Waals surface area contributed by atoms with Crippen molar-refractivity contribution in [1.82, 2.24) is 15.1 Å². The van der Waals surface area contributed by atoms with E-state index in [4.69, 9.17) is 4.74 Å². The first-order valence-electron chi connectivity index (χ1n) is 5.06. The van der Waals surface area contributed by atoms with Gasteiger partial charge in [-0.2, -0.15) is 5.10 Å². The molecule has 84 valence electrons. The minimum Gasteiger partial charge on any atom is -0.478 e. The lowest BCUT2D eigenvalue weighted by Crippen LogP contribution is -2.36. The molecular weight excluding hydrogens is 194 g/mol. The van der Waals surface area contributed by atoms with E-state index in [2.05, 4.69) is 10.4 Å². The zero-order valence-corrected chi connectivity index (χ0v) is 9.36. The van der Waals surface area contributed by atoms with Crippen LogP contribution in [0.4, 0.5) is 0 Å². The molecule has 0 spiro atoms. The maximum atomic E-state index is 11.4. The molecular formula is C10H17N3O2. The van der Waals surface area contributed by atoms with Crippen LogP contribution in [-0.2, 0) is 11.8 Å². The summed E-state index contributed by atoms with van der Waals surface area (Å²) in [5.41, 5.74) is 0. The Morgan fingerprint density at radius 1 is 1.73 bits per heavy atom. The first kappa shape index (κ1) is 11.6. The average molecular weight is 211 g/mol. The Kier molecular flexibility index (Phi) is 4.15. The SMILES string of the molecule is CCCNC(=O)C(C)Oc1cnn(C)c1. The Morgan fingerprint density at radius 2 is 2.47 bits per heavy atom. The highest BCUT2D eigenvalue weighted by Gasteiger charge is 2.14. The summed E-state index contributed by atoms with van der Waals surface area (Å²) in [4.78, 5) is 11.4. The molecule has 15 heavy (non-hydrogen) atoms. The van der Waals surface area contributed by atoms with Crippen molar-refractivity contribution in [3.05, 3.63) is 12.4 Å². The number of aromatic nitrogens is 2. The molecule has 0 fully saturated rings. The molecule has 1 atom stereocenters. The van der Waals surface area contributed by atoms with Gasteiger partial charge >= 0.3 is 0 Å². The first-order valence-corrected chi connectivity index (χ1v) is 5.06. The van der Waals surface area contributed by atoms with Crippen molar-refractivity contribution >= 4 is 5.91 Å². The van der Waals surface area contributed by atoms with Crippen LogP contribution < -0.4 is 10.1 Å². The fourth-order valence-electron chi connectivity index (χ4n) is 1.11. The summed E-state index contributed by atoms with van der Waals surface area (Å²) in [6, 6.07) is 0. The van der Waals surface area contributed by atoms with Gasteiger partial charge in [-0.25, -0.2) is 0 Å². The molecule has 0 radical (unpaired) electrons. The molecule has 1 N–H and O–H groups in total. The van der Waals surface area contributed by atoms with E-state index in [1.807, 2.05) is 6.92 Å². The molecule has 0 aromatic carbocycles. The molecule has 0 aliphatic heterocycles. The molecule has 5 heteroatoms. The van der Waals surface area contributed by atoms with Crippen LogP contribution in [-0.4, -0.2) is 28.3 Å². The standard InChI is InChI=1S/C10H17N3O2/c1-4-5-11-10(14)8(2)15-9-6-12-13(3)7-9/h6-8H,4-5H2,1-3H3,(H,11,14). The van der Waals surface area contributed by atoms with Crippen LogP contribution in [0.1, 0.15) is 20.3 Å². The van der Waals surface area contributed by atoms with E-state index in [-0.39, 0.29) is 5.91 Å². The molecule has 0 aliphatic rings. The largest absolute Gasteiger partial charge is 0.478 e. The van der Waals surface area contributed by atoms with Crippen molar-refractivity contribution in [3.63, 3.8) is 0 Å². The molecule has 1 rings (SSSR count). The molecule has 0 aliphatic carbocycles. The molecule has 1 aromatic heterocycles. The van der Waals surface area contributed by atoms with Gasteiger partial charge in [0.2, 0.25) is 0 Å². The highest BCUT2D eigenvalue weighted by molar-refractivity contribution is 5.80. The Balaban J connectivity index is 2.41. The number of nitrogens with zero attached hydrogens (tertiary/aromatic N) is 2. The molecule has 0 saturated heterocycles. The number of hydrogen-bond donors (Lipinski definition) is 1. The maximum Gasteiger partial charge on any atom is 0.260 e. The third-order valence-electron chi connectivity index (χ3n) is 1.91. The quantitative estimate of drug-likeness (QED) is 0.780. The van der Waals surface area contributed by atoms with E-state index in [9.17, 15) is 4.79 Å².